The van der Waals surface area contributed by atoms with E-state index in [0.717, 1.165) is 0 Å². The summed E-state index contributed by atoms with van der Waals surface area (Å²) in [5.74, 6) is -1.77. The van der Waals surface area contributed by atoms with Gasteiger partial charge in [-0.05, 0) is 48.2 Å². The highest BCUT2D eigenvalue weighted by molar-refractivity contribution is 6.05. The number of methoxy groups -OCH3 is 1. The highest BCUT2D eigenvalue weighted by atomic mass is 16.5. The molecule has 0 spiro atoms. The van der Waals surface area contributed by atoms with Gasteiger partial charge in [0.15, 0.2) is 5.76 Å². The summed E-state index contributed by atoms with van der Waals surface area (Å²) < 4.78 is 10.2. The Bertz CT molecular complexity index is 869. The number of furan rings is 1. The second-order valence-electron chi connectivity index (χ2n) is 6.76. The number of hydrogen-bond donors (Lipinski definition) is 3. The molecule has 0 saturated carbocycles. The summed E-state index contributed by atoms with van der Waals surface area (Å²) >= 11 is 0. The van der Waals surface area contributed by atoms with Crippen LogP contribution in [-0.4, -0.2) is 36.0 Å². The molecule has 1 aromatic heterocycles. The zero-order chi connectivity index (χ0) is 21.4. The smallest absolute Gasteiger partial charge is 0.326 e. The molecule has 8 nitrogen and oxygen atoms in total. The standard InChI is InChI=1S/C21H24N2O6/c1-13(2)11-17(21(26)27)23-19(24)16(22-20(25)18-5-4-10-29-18)12-14-6-8-15(28-3)9-7-14/h4-10,12-13,17H,11H2,1-3H3,(H,22,25)(H,23,24)(H,26,27)/b16-12-/t17-/m0/s1. The van der Waals surface area contributed by atoms with Crippen molar-refractivity contribution in [1.82, 2.24) is 10.6 Å². The molecule has 1 aromatic carbocycles. The topological polar surface area (TPSA) is 118 Å². The lowest BCUT2D eigenvalue weighted by Crippen LogP contribution is -2.44. The number of amides is 2. The maximum atomic E-state index is 12.8. The van der Waals surface area contributed by atoms with E-state index in [4.69, 9.17) is 9.15 Å². The average molecular weight is 400 g/mol. The van der Waals surface area contributed by atoms with Gasteiger partial charge in [-0.2, -0.15) is 0 Å². The van der Waals surface area contributed by atoms with Crippen LogP contribution >= 0.6 is 0 Å². The summed E-state index contributed by atoms with van der Waals surface area (Å²) in [5, 5.41) is 14.3. The number of benzene rings is 1. The normalized spacial score (nSPS) is 12.3. The second-order valence-corrected chi connectivity index (χ2v) is 6.76. The van der Waals surface area contributed by atoms with E-state index >= 15 is 0 Å². The van der Waals surface area contributed by atoms with Crippen molar-refractivity contribution in [3.63, 3.8) is 0 Å². The molecule has 3 N–H and O–H groups in total. The fourth-order valence-corrected chi connectivity index (χ4v) is 2.55. The first-order valence-corrected chi connectivity index (χ1v) is 9.04. The van der Waals surface area contributed by atoms with Gasteiger partial charge in [-0.1, -0.05) is 26.0 Å². The number of carbonyl (C=O) groups excluding carboxylic acids is 2. The first-order chi connectivity index (χ1) is 13.8. The Kier molecular flexibility index (Phi) is 7.59. The lowest BCUT2D eigenvalue weighted by atomic mass is 10.0. The largest absolute Gasteiger partial charge is 0.497 e. The van der Waals surface area contributed by atoms with Crippen molar-refractivity contribution in [1.29, 1.82) is 0 Å². The summed E-state index contributed by atoms with van der Waals surface area (Å²) in [6.45, 7) is 3.71. The molecule has 2 rings (SSSR count). The molecule has 0 bridgehead atoms. The zero-order valence-corrected chi connectivity index (χ0v) is 16.5. The van der Waals surface area contributed by atoms with Crippen molar-refractivity contribution in [2.24, 2.45) is 5.92 Å². The Morgan fingerprint density at radius 2 is 1.86 bits per heavy atom. The lowest BCUT2D eigenvalue weighted by Gasteiger charge is -2.18. The van der Waals surface area contributed by atoms with Gasteiger partial charge in [-0.25, -0.2) is 4.79 Å². The van der Waals surface area contributed by atoms with Crippen LogP contribution in [0.2, 0.25) is 0 Å². The Balaban J connectivity index is 2.28. The van der Waals surface area contributed by atoms with E-state index in [1.54, 1.807) is 30.3 Å². The molecular weight excluding hydrogens is 376 g/mol. The highest BCUT2D eigenvalue weighted by Gasteiger charge is 2.24. The van der Waals surface area contributed by atoms with E-state index in [9.17, 15) is 19.5 Å². The second kappa shape index (κ2) is 10.1. The van der Waals surface area contributed by atoms with Crippen molar-refractivity contribution in [2.45, 2.75) is 26.3 Å². The molecule has 0 aliphatic carbocycles. The molecule has 0 fully saturated rings. The number of rotatable bonds is 9. The van der Waals surface area contributed by atoms with E-state index in [0.29, 0.717) is 11.3 Å². The van der Waals surface area contributed by atoms with Crippen LogP contribution in [0.5, 0.6) is 5.75 Å². The van der Waals surface area contributed by atoms with Crippen LogP contribution in [0.25, 0.3) is 6.08 Å². The number of carbonyl (C=O) groups is 3. The number of ether oxygens (including phenoxy) is 1. The first-order valence-electron chi connectivity index (χ1n) is 9.04. The van der Waals surface area contributed by atoms with E-state index in [1.165, 1.54) is 25.5 Å². The van der Waals surface area contributed by atoms with Crippen molar-refractivity contribution < 1.29 is 28.6 Å². The van der Waals surface area contributed by atoms with Crippen LogP contribution in [0, 0.1) is 5.92 Å². The van der Waals surface area contributed by atoms with Crippen LogP contribution in [0.15, 0.2) is 52.8 Å². The van der Waals surface area contributed by atoms with Gasteiger partial charge in [0.25, 0.3) is 11.8 Å². The maximum Gasteiger partial charge on any atom is 0.326 e. The van der Waals surface area contributed by atoms with E-state index < -0.39 is 23.8 Å². The number of aliphatic carboxylic acids is 1. The monoisotopic (exact) mass is 400 g/mol. The SMILES string of the molecule is COc1ccc(/C=C(\NC(=O)c2ccco2)C(=O)N[C@@H](CC(C)C)C(=O)O)cc1. The third-order valence-corrected chi connectivity index (χ3v) is 3.98. The third-order valence-electron chi connectivity index (χ3n) is 3.98. The first kappa shape index (κ1) is 21.7. The highest BCUT2D eigenvalue weighted by Crippen LogP contribution is 2.14. The molecule has 0 aliphatic heterocycles. The summed E-state index contributed by atoms with van der Waals surface area (Å²) in [7, 11) is 1.54. The number of nitrogens with one attached hydrogen (secondary N) is 2. The van der Waals surface area contributed by atoms with Crippen LogP contribution in [0.3, 0.4) is 0 Å². The molecular formula is C21H24N2O6. The van der Waals surface area contributed by atoms with Crippen LogP contribution in [0.1, 0.15) is 36.4 Å². The van der Waals surface area contributed by atoms with Crippen LogP contribution < -0.4 is 15.4 Å². The molecule has 1 atom stereocenters. The minimum Gasteiger partial charge on any atom is -0.497 e. The Labute approximate surface area is 168 Å². The minimum absolute atomic E-state index is 0.0235. The molecule has 154 valence electrons. The average Bonchev–Trinajstić information content (AvgIpc) is 3.22. The lowest BCUT2D eigenvalue weighted by molar-refractivity contribution is -0.141. The quantitative estimate of drug-likeness (QED) is 0.557. The van der Waals surface area contributed by atoms with Gasteiger partial charge in [0.2, 0.25) is 0 Å². The van der Waals surface area contributed by atoms with Crippen LogP contribution in [-0.2, 0) is 9.59 Å². The van der Waals surface area contributed by atoms with Crippen molar-refractivity contribution in [2.75, 3.05) is 7.11 Å². The molecule has 0 unspecified atom stereocenters. The third kappa shape index (κ3) is 6.53. The number of carboxylic acid groups (broad SMARTS) is 1. The van der Waals surface area contributed by atoms with Gasteiger partial charge >= 0.3 is 5.97 Å². The molecule has 1 heterocycles. The minimum atomic E-state index is -1.15. The zero-order valence-electron chi connectivity index (χ0n) is 16.5. The van der Waals surface area contributed by atoms with Crippen LogP contribution in [0.4, 0.5) is 0 Å². The van der Waals surface area contributed by atoms with E-state index in [1.807, 2.05) is 13.8 Å². The van der Waals surface area contributed by atoms with Gasteiger partial charge < -0.3 is 24.9 Å². The van der Waals surface area contributed by atoms with Gasteiger partial charge in [-0.3, -0.25) is 9.59 Å². The molecule has 0 aliphatic rings. The predicted octanol–water partition coefficient (Wildman–Crippen LogP) is 2.67. The fraction of sp³-hybridized carbons (Fsp3) is 0.286. The van der Waals surface area contributed by atoms with E-state index in [-0.39, 0.29) is 23.8 Å². The summed E-state index contributed by atoms with van der Waals surface area (Å²) in [5.41, 5.74) is 0.512. The summed E-state index contributed by atoms with van der Waals surface area (Å²) in [4.78, 5) is 36.6. The van der Waals surface area contributed by atoms with Crippen molar-refractivity contribution in [3.05, 3.63) is 59.7 Å². The van der Waals surface area contributed by atoms with Gasteiger partial charge in [0.05, 0.1) is 13.4 Å². The number of hydrogen-bond acceptors (Lipinski definition) is 5. The summed E-state index contributed by atoms with van der Waals surface area (Å²) in [6, 6.07) is 8.73. The molecule has 2 aromatic rings. The molecule has 8 heteroatoms. The van der Waals surface area contributed by atoms with Gasteiger partial charge in [0.1, 0.15) is 17.5 Å². The Morgan fingerprint density at radius 3 is 2.38 bits per heavy atom. The maximum absolute atomic E-state index is 12.8. The fourth-order valence-electron chi connectivity index (χ4n) is 2.55. The molecule has 0 radical (unpaired) electrons. The Morgan fingerprint density at radius 1 is 1.17 bits per heavy atom. The molecule has 2 amide bonds. The summed E-state index contributed by atoms with van der Waals surface area (Å²) in [6.07, 6.45) is 3.04. The van der Waals surface area contributed by atoms with E-state index in [2.05, 4.69) is 10.6 Å². The Hall–Kier alpha value is -3.55. The molecule has 29 heavy (non-hydrogen) atoms. The van der Waals surface area contributed by atoms with Crippen molar-refractivity contribution >= 4 is 23.9 Å². The predicted molar refractivity (Wildman–Crippen MR) is 106 cm³/mol. The van der Waals surface area contributed by atoms with Crippen molar-refractivity contribution in [3.8, 4) is 5.75 Å². The van der Waals surface area contributed by atoms with Gasteiger partial charge in [0, 0.05) is 0 Å². The van der Waals surface area contributed by atoms with Gasteiger partial charge in [-0.15, -0.1) is 0 Å². The number of carboxylic acids is 1. The molecule has 0 saturated heterocycles.